The van der Waals surface area contributed by atoms with Crippen LogP contribution < -0.4 is 10.6 Å². The Bertz CT molecular complexity index is 501. The molecule has 1 aliphatic heterocycles. The average Bonchev–Trinajstić information content (AvgIpc) is 2.38. The van der Waals surface area contributed by atoms with Crippen molar-refractivity contribution in [3.8, 4) is 6.07 Å². The summed E-state index contributed by atoms with van der Waals surface area (Å²) in [5.41, 5.74) is 6.32. The van der Waals surface area contributed by atoms with Crippen LogP contribution in [0.3, 0.4) is 0 Å². The molecule has 0 aromatic heterocycles. The van der Waals surface area contributed by atoms with E-state index in [1.54, 1.807) is 6.07 Å². The number of hydrogen-bond acceptors (Lipinski definition) is 3. The van der Waals surface area contributed by atoms with Crippen LogP contribution in [-0.4, -0.2) is 19.0 Å². The van der Waals surface area contributed by atoms with E-state index in [4.69, 9.17) is 11.0 Å². The van der Waals surface area contributed by atoms with Gasteiger partial charge < -0.3 is 10.6 Å². The molecule has 1 aromatic rings. The maximum absolute atomic E-state index is 13.0. The van der Waals surface area contributed by atoms with Gasteiger partial charge in [-0.25, -0.2) is 4.39 Å². The molecule has 1 heterocycles. The van der Waals surface area contributed by atoms with Crippen molar-refractivity contribution < 1.29 is 9.18 Å². The van der Waals surface area contributed by atoms with Gasteiger partial charge in [0.1, 0.15) is 11.9 Å². The number of nitrogens with two attached hydrogens (primary N) is 1. The van der Waals surface area contributed by atoms with Crippen molar-refractivity contribution in [1.82, 2.24) is 0 Å². The van der Waals surface area contributed by atoms with Crippen molar-refractivity contribution in [3.05, 3.63) is 29.6 Å². The minimum Gasteiger partial charge on any atom is -0.370 e. The quantitative estimate of drug-likeness (QED) is 0.858. The van der Waals surface area contributed by atoms with Gasteiger partial charge in [0, 0.05) is 19.0 Å². The molecule has 0 bridgehead atoms. The smallest absolute Gasteiger partial charge is 0.220 e. The number of hydrogen-bond donors (Lipinski definition) is 1. The van der Waals surface area contributed by atoms with E-state index in [1.807, 2.05) is 11.0 Å². The number of amides is 1. The van der Waals surface area contributed by atoms with Gasteiger partial charge in [-0.05, 0) is 31.0 Å². The normalized spacial score (nSPS) is 16.3. The molecule has 1 aliphatic rings. The number of anilines is 1. The van der Waals surface area contributed by atoms with Crippen LogP contribution in [0, 0.1) is 23.1 Å². The molecule has 2 rings (SSSR count). The first-order valence-electron chi connectivity index (χ1n) is 5.85. The number of nitriles is 1. The molecule has 2 N–H and O–H groups in total. The van der Waals surface area contributed by atoms with Gasteiger partial charge in [-0.3, -0.25) is 4.79 Å². The van der Waals surface area contributed by atoms with E-state index in [1.165, 1.54) is 12.1 Å². The third-order valence-electron chi connectivity index (χ3n) is 3.32. The second-order valence-corrected chi connectivity index (χ2v) is 4.44. The molecule has 1 aromatic carbocycles. The first kappa shape index (κ1) is 12.4. The predicted octanol–water partition coefficient (Wildman–Crippen LogP) is 1.40. The molecule has 1 saturated heterocycles. The summed E-state index contributed by atoms with van der Waals surface area (Å²) in [6.45, 7) is 1.32. The summed E-state index contributed by atoms with van der Waals surface area (Å²) in [7, 11) is 0. The van der Waals surface area contributed by atoms with Crippen LogP contribution in [-0.2, 0) is 4.79 Å². The molecule has 0 aliphatic carbocycles. The minimum atomic E-state index is -0.415. The van der Waals surface area contributed by atoms with Crippen LogP contribution in [0.25, 0.3) is 0 Å². The summed E-state index contributed by atoms with van der Waals surface area (Å²) < 4.78 is 13.0. The standard InChI is InChI=1S/C13H14FN3O/c14-11-1-2-12(10(7-11)8-15)17-5-3-9(4-6-17)13(16)18/h1-2,7,9H,3-6H2,(H2,16,18). The highest BCUT2D eigenvalue weighted by Gasteiger charge is 2.24. The Balaban J connectivity index is 2.15. The van der Waals surface area contributed by atoms with E-state index in [2.05, 4.69) is 0 Å². The van der Waals surface area contributed by atoms with Crippen LogP contribution in [0.4, 0.5) is 10.1 Å². The molecule has 0 atom stereocenters. The van der Waals surface area contributed by atoms with Crippen LogP contribution in [0.5, 0.6) is 0 Å². The SMILES string of the molecule is N#Cc1cc(F)ccc1N1CCC(C(N)=O)CC1. The molecular formula is C13H14FN3O. The lowest BCUT2D eigenvalue weighted by molar-refractivity contribution is -0.122. The number of primary amides is 1. The number of carbonyl (C=O) groups is 1. The summed E-state index contributed by atoms with van der Waals surface area (Å²) in [6.07, 6.45) is 1.36. The van der Waals surface area contributed by atoms with Crippen LogP contribution in [0.2, 0.25) is 0 Å². The third-order valence-corrected chi connectivity index (χ3v) is 3.32. The van der Waals surface area contributed by atoms with Gasteiger partial charge >= 0.3 is 0 Å². The molecule has 1 amide bonds. The maximum Gasteiger partial charge on any atom is 0.220 e. The van der Waals surface area contributed by atoms with E-state index in [9.17, 15) is 9.18 Å². The lowest BCUT2D eigenvalue weighted by atomic mass is 9.95. The highest BCUT2D eigenvalue weighted by Crippen LogP contribution is 2.26. The summed E-state index contributed by atoms with van der Waals surface area (Å²) >= 11 is 0. The fraction of sp³-hybridized carbons (Fsp3) is 0.385. The van der Waals surface area contributed by atoms with Crippen molar-refractivity contribution >= 4 is 11.6 Å². The van der Waals surface area contributed by atoms with Crippen molar-refractivity contribution in [2.75, 3.05) is 18.0 Å². The van der Waals surface area contributed by atoms with Gasteiger partial charge in [0.05, 0.1) is 11.3 Å². The largest absolute Gasteiger partial charge is 0.370 e. The zero-order chi connectivity index (χ0) is 13.1. The Morgan fingerprint density at radius 2 is 2.11 bits per heavy atom. The summed E-state index contributed by atoms with van der Waals surface area (Å²) in [5, 5.41) is 9.00. The first-order valence-corrected chi connectivity index (χ1v) is 5.85. The monoisotopic (exact) mass is 247 g/mol. The third kappa shape index (κ3) is 2.43. The minimum absolute atomic E-state index is 0.0905. The zero-order valence-corrected chi connectivity index (χ0v) is 9.90. The number of rotatable bonds is 2. The Hall–Kier alpha value is -2.09. The number of piperidine rings is 1. The van der Waals surface area contributed by atoms with Gasteiger partial charge in [-0.15, -0.1) is 0 Å². The summed E-state index contributed by atoms with van der Waals surface area (Å²) in [6, 6.07) is 6.18. The summed E-state index contributed by atoms with van der Waals surface area (Å²) in [4.78, 5) is 13.1. The van der Waals surface area contributed by atoms with Crippen molar-refractivity contribution in [2.24, 2.45) is 11.7 Å². The number of halogens is 1. The predicted molar refractivity (Wildman–Crippen MR) is 65.2 cm³/mol. The van der Waals surface area contributed by atoms with Gasteiger partial charge in [0.15, 0.2) is 0 Å². The fourth-order valence-electron chi connectivity index (χ4n) is 2.28. The highest BCUT2D eigenvalue weighted by molar-refractivity contribution is 5.77. The van der Waals surface area contributed by atoms with E-state index < -0.39 is 5.82 Å². The van der Waals surface area contributed by atoms with Crippen LogP contribution >= 0.6 is 0 Å². The molecule has 0 unspecified atom stereocenters. The van der Waals surface area contributed by atoms with Crippen molar-refractivity contribution in [2.45, 2.75) is 12.8 Å². The molecule has 1 fully saturated rings. The maximum atomic E-state index is 13.0. The second-order valence-electron chi connectivity index (χ2n) is 4.44. The van der Waals surface area contributed by atoms with Gasteiger partial charge in [0.25, 0.3) is 0 Å². The Labute approximate surface area is 105 Å². The van der Waals surface area contributed by atoms with Gasteiger partial charge in [0.2, 0.25) is 5.91 Å². The molecular weight excluding hydrogens is 233 g/mol. The van der Waals surface area contributed by atoms with Gasteiger partial charge in [-0.1, -0.05) is 0 Å². The van der Waals surface area contributed by atoms with Crippen molar-refractivity contribution in [1.29, 1.82) is 5.26 Å². The fourth-order valence-corrected chi connectivity index (χ4v) is 2.28. The van der Waals surface area contributed by atoms with Crippen molar-refractivity contribution in [3.63, 3.8) is 0 Å². The second kappa shape index (κ2) is 5.05. The van der Waals surface area contributed by atoms with E-state index >= 15 is 0 Å². The topological polar surface area (TPSA) is 70.1 Å². The number of benzene rings is 1. The number of carbonyl (C=O) groups excluding carboxylic acids is 1. The molecule has 18 heavy (non-hydrogen) atoms. The highest BCUT2D eigenvalue weighted by atomic mass is 19.1. The Kier molecular flexibility index (Phi) is 3.47. The van der Waals surface area contributed by atoms with Crippen LogP contribution in [0.15, 0.2) is 18.2 Å². The molecule has 5 heteroatoms. The van der Waals surface area contributed by atoms with E-state index in [-0.39, 0.29) is 11.8 Å². The lowest BCUT2D eigenvalue weighted by Crippen LogP contribution is -2.38. The Morgan fingerprint density at radius 1 is 1.44 bits per heavy atom. The lowest BCUT2D eigenvalue weighted by Gasteiger charge is -2.32. The van der Waals surface area contributed by atoms with E-state index in [0.29, 0.717) is 31.5 Å². The first-order chi connectivity index (χ1) is 8.61. The zero-order valence-electron chi connectivity index (χ0n) is 9.90. The molecule has 0 spiro atoms. The molecule has 0 saturated carbocycles. The summed E-state index contributed by atoms with van der Waals surface area (Å²) in [5.74, 6) is -0.774. The number of nitrogens with zero attached hydrogens (tertiary/aromatic N) is 2. The van der Waals surface area contributed by atoms with Crippen LogP contribution in [0.1, 0.15) is 18.4 Å². The molecule has 94 valence electrons. The molecule has 0 radical (unpaired) electrons. The Morgan fingerprint density at radius 3 is 2.67 bits per heavy atom. The molecule has 4 nitrogen and oxygen atoms in total. The van der Waals surface area contributed by atoms with Gasteiger partial charge in [-0.2, -0.15) is 5.26 Å². The average molecular weight is 247 g/mol. The van der Waals surface area contributed by atoms with E-state index in [0.717, 1.165) is 5.69 Å².